The van der Waals surface area contributed by atoms with Gasteiger partial charge in [-0.15, -0.1) is 0 Å². The van der Waals surface area contributed by atoms with Crippen molar-refractivity contribution in [2.45, 2.75) is 0 Å². The highest BCUT2D eigenvalue weighted by atomic mass is 79.9. The molecule has 0 aliphatic rings. The molecule has 23 heavy (non-hydrogen) atoms. The van der Waals surface area contributed by atoms with Gasteiger partial charge in [0.2, 0.25) is 0 Å². The van der Waals surface area contributed by atoms with Crippen LogP contribution in [-0.2, 0) is 0 Å². The number of carbonyl (C=O) groups is 1. The number of halogens is 4. The lowest BCUT2D eigenvalue weighted by molar-refractivity contribution is 0.111. The standard InChI is InChI=1S/C9H6BrFN2.C7H4BrFO/c10-6-1-2-8(11)7(5-6)9-12-3-4-13-9;8-6-1-2-7(9)5(3-6)4-10/h1-5H,(H,12,13);1-4H. The zero-order valence-corrected chi connectivity index (χ0v) is 14.7. The van der Waals surface area contributed by atoms with Gasteiger partial charge in [-0.2, -0.15) is 0 Å². The van der Waals surface area contributed by atoms with Crippen molar-refractivity contribution < 1.29 is 13.6 Å². The Labute approximate surface area is 148 Å². The smallest absolute Gasteiger partial charge is 0.153 e. The number of aromatic amines is 1. The van der Waals surface area contributed by atoms with Crippen LogP contribution in [0.3, 0.4) is 0 Å². The average Bonchev–Trinajstić information content (AvgIpc) is 3.07. The first-order valence-corrected chi connectivity index (χ1v) is 7.95. The minimum absolute atomic E-state index is 0.0781. The third-order valence-corrected chi connectivity index (χ3v) is 3.75. The lowest BCUT2D eigenvalue weighted by atomic mass is 10.2. The van der Waals surface area contributed by atoms with Crippen LogP contribution in [0.5, 0.6) is 0 Å². The molecule has 0 aliphatic heterocycles. The second-order valence-electron chi connectivity index (χ2n) is 4.35. The summed E-state index contributed by atoms with van der Waals surface area (Å²) < 4.78 is 27.3. The van der Waals surface area contributed by atoms with E-state index in [0.29, 0.717) is 22.1 Å². The number of carbonyl (C=O) groups excluding carboxylic acids is 1. The van der Waals surface area contributed by atoms with E-state index in [1.165, 1.54) is 18.2 Å². The van der Waals surface area contributed by atoms with Crippen LogP contribution in [0.2, 0.25) is 0 Å². The van der Waals surface area contributed by atoms with E-state index in [1.807, 2.05) is 0 Å². The van der Waals surface area contributed by atoms with Gasteiger partial charge in [-0.25, -0.2) is 13.8 Å². The molecule has 0 saturated heterocycles. The fraction of sp³-hybridized carbons (Fsp3) is 0. The number of aromatic nitrogens is 2. The summed E-state index contributed by atoms with van der Waals surface area (Å²) in [4.78, 5) is 16.9. The highest BCUT2D eigenvalue weighted by Gasteiger charge is 2.06. The second-order valence-corrected chi connectivity index (χ2v) is 6.18. The van der Waals surface area contributed by atoms with Gasteiger partial charge in [0.05, 0.1) is 11.1 Å². The molecule has 3 rings (SSSR count). The first kappa shape index (κ1) is 17.5. The van der Waals surface area contributed by atoms with Gasteiger partial charge < -0.3 is 4.98 Å². The number of hydrogen-bond acceptors (Lipinski definition) is 2. The quantitative estimate of drug-likeness (QED) is 0.540. The van der Waals surface area contributed by atoms with Gasteiger partial charge in [-0.05, 0) is 36.4 Å². The van der Waals surface area contributed by atoms with Crippen LogP contribution in [0.25, 0.3) is 11.4 Å². The first-order chi connectivity index (χ1) is 11.0. The van der Waals surface area contributed by atoms with Crippen LogP contribution in [0.15, 0.2) is 57.7 Å². The van der Waals surface area contributed by atoms with Crippen LogP contribution in [0, 0.1) is 11.6 Å². The highest BCUT2D eigenvalue weighted by molar-refractivity contribution is 9.10. The predicted molar refractivity (Wildman–Crippen MR) is 91.2 cm³/mol. The molecule has 1 N–H and O–H groups in total. The van der Waals surface area contributed by atoms with E-state index in [4.69, 9.17) is 0 Å². The average molecular weight is 444 g/mol. The molecule has 0 bridgehead atoms. The van der Waals surface area contributed by atoms with E-state index < -0.39 is 5.82 Å². The van der Waals surface area contributed by atoms with E-state index in [1.54, 1.807) is 30.6 Å². The molecule has 3 nitrogen and oxygen atoms in total. The molecule has 0 amide bonds. The molecule has 0 aliphatic carbocycles. The Bertz CT molecular complexity index is 808. The summed E-state index contributed by atoms with van der Waals surface area (Å²) in [6.45, 7) is 0. The Morgan fingerprint density at radius 2 is 1.65 bits per heavy atom. The monoisotopic (exact) mass is 442 g/mol. The molecule has 2 aromatic carbocycles. The van der Waals surface area contributed by atoms with Crippen LogP contribution in [0.4, 0.5) is 8.78 Å². The van der Waals surface area contributed by atoms with E-state index >= 15 is 0 Å². The van der Waals surface area contributed by atoms with Crippen LogP contribution >= 0.6 is 31.9 Å². The highest BCUT2D eigenvalue weighted by Crippen LogP contribution is 2.22. The van der Waals surface area contributed by atoms with E-state index in [0.717, 1.165) is 4.47 Å². The summed E-state index contributed by atoms with van der Waals surface area (Å²) in [6, 6.07) is 8.97. The van der Waals surface area contributed by atoms with Gasteiger partial charge in [0.15, 0.2) is 6.29 Å². The van der Waals surface area contributed by atoms with Crippen molar-refractivity contribution in [2.75, 3.05) is 0 Å². The molecule has 0 atom stereocenters. The molecule has 1 heterocycles. The van der Waals surface area contributed by atoms with Gasteiger partial charge in [0.1, 0.15) is 17.5 Å². The zero-order valence-electron chi connectivity index (χ0n) is 11.6. The third-order valence-electron chi connectivity index (χ3n) is 2.77. The van der Waals surface area contributed by atoms with Crippen molar-refractivity contribution in [3.05, 3.63) is 74.9 Å². The van der Waals surface area contributed by atoms with Crippen LogP contribution in [0.1, 0.15) is 10.4 Å². The summed E-state index contributed by atoms with van der Waals surface area (Å²) in [6.07, 6.45) is 3.74. The summed E-state index contributed by atoms with van der Waals surface area (Å²) in [5, 5.41) is 0. The number of imidazole rings is 1. The van der Waals surface area contributed by atoms with Gasteiger partial charge in [-0.3, -0.25) is 4.79 Å². The Balaban J connectivity index is 0.000000174. The number of hydrogen-bond donors (Lipinski definition) is 1. The SMILES string of the molecule is Fc1ccc(Br)cc1-c1ncc[nH]1.O=Cc1cc(Br)ccc1F. The minimum atomic E-state index is -0.488. The maximum atomic E-state index is 13.3. The lowest BCUT2D eigenvalue weighted by Crippen LogP contribution is -1.85. The van der Waals surface area contributed by atoms with Crippen molar-refractivity contribution in [3.63, 3.8) is 0 Å². The van der Waals surface area contributed by atoms with Gasteiger partial charge in [-0.1, -0.05) is 31.9 Å². The van der Waals surface area contributed by atoms with Crippen molar-refractivity contribution in [2.24, 2.45) is 0 Å². The molecular weight excluding hydrogens is 434 g/mol. The second kappa shape index (κ2) is 8.12. The number of rotatable bonds is 2. The molecule has 0 saturated carbocycles. The number of benzene rings is 2. The summed E-state index contributed by atoms with van der Waals surface area (Å²) in [5.41, 5.74) is 0.550. The van der Waals surface area contributed by atoms with Gasteiger partial charge in [0.25, 0.3) is 0 Å². The topological polar surface area (TPSA) is 45.8 Å². The van der Waals surface area contributed by atoms with Gasteiger partial charge >= 0.3 is 0 Å². The third kappa shape index (κ3) is 4.80. The number of aldehydes is 1. The zero-order chi connectivity index (χ0) is 16.8. The predicted octanol–water partition coefficient (Wildman–Crippen LogP) is 5.38. The molecule has 0 spiro atoms. The maximum absolute atomic E-state index is 13.3. The first-order valence-electron chi connectivity index (χ1n) is 6.36. The Morgan fingerprint density at radius 1 is 1.00 bits per heavy atom. The van der Waals surface area contributed by atoms with Crippen LogP contribution in [-0.4, -0.2) is 16.3 Å². The normalized spacial score (nSPS) is 9.91. The van der Waals surface area contributed by atoms with Gasteiger partial charge in [0, 0.05) is 21.3 Å². The van der Waals surface area contributed by atoms with Crippen LogP contribution < -0.4 is 0 Å². The molecule has 0 fully saturated rings. The molecule has 3 aromatic rings. The van der Waals surface area contributed by atoms with Crippen molar-refractivity contribution in [1.82, 2.24) is 9.97 Å². The molecule has 0 unspecified atom stereocenters. The number of H-pyrrole nitrogens is 1. The van der Waals surface area contributed by atoms with Crippen molar-refractivity contribution >= 4 is 38.1 Å². The Morgan fingerprint density at radius 3 is 2.22 bits per heavy atom. The summed E-state index contributed by atoms with van der Waals surface area (Å²) in [7, 11) is 0. The molecule has 1 aromatic heterocycles. The lowest BCUT2D eigenvalue weighted by Gasteiger charge is -1.99. The molecule has 7 heteroatoms. The maximum Gasteiger partial charge on any atom is 0.153 e. The van der Waals surface area contributed by atoms with E-state index in [9.17, 15) is 13.6 Å². The van der Waals surface area contributed by atoms with Crippen molar-refractivity contribution in [1.29, 1.82) is 0 Å². The summed E-state index contributed by atoms with van der Waals surface area (Å²) in [5.74, 6) is -0.227. The number of nitrogens with zero attached hydrogens (tertiary/aromatic N) is 1. The van der Waals surface area contributed by atoms with E-state index in [2.05, 4.69) is 41.8 Å². The van der Waals surface area contributed by atoms with Crippen molar-refractivity contribution in [3.8, 4) is 11.4 Å². The molecule has 118 valence electrons. The number of nitrogens with one attached hydrogen (secondary N) is 1. The molecular formula is C16H10Br2F2N2O. The molecule has 0 radical (unpaired) electrons. The largest absolute Gasteiger partial charge is 0.345 e. The van der Waals surface area contributed by atoms with E-state index in [-0.39, 0.29) is 11.4 Å². The Kier molecular flexibility index (Phi) is 6.18. The summed E-state index contributed by atoms with van der Waals surface area (Å²) >= 11 is 6.39. The minimum Gasteiger partial charge on any atom is -0.345 e. The Hall–Kier alpha value is -1.86. The fourth-order valence-electron chi connectivity index (χ4n) is 1.70. The fourth-order valence-corrected chi connectivity index (χ4v) is 2.44.